The number of hydrogen-bond acceptors (Lipinski definition) is 3. The van der Waals surface area contributed by atoms with Crippen LogP contribution in [0.4, 0.5) is 0 Å². The minimum atomic E-state index is -0.550. The number of carbonyl (C=O) groups is 2. The first-order valence-electron chi connectivity index (χ1n) is 9.55. The van der Waals surface area contributed by atoms with Crippen LogP contribution < -0.4 is 11.1 Å². The zero-order valence-electron chi connectivity index (χ0n) is 15.4. The van der Waals surface area contributed by atoms with E-state index < -0.39 is 6.04 Å². The molecule has 0 saturated heterocycles. The molecule has 2 amide bonds. The molecule has 0 aromatic rings. The van der Waals surface area contributed by atoms with Crippen LogP contribution in [0, 0.1) is 29.1 Å². The summed E-state index contributed by atoms with van der Waals surface area (Å²) in [7, 11) is 1.88. The second-order valence-corrected chi connectivity index (χ2v) is 9.15. The number of carbonyl (C=O) groups excluding carboxylic acids is 2. The van der Waals surface area contributed by atoms with Crippen molar-refractivity contribution in [3.8, 4) is 0 Å². The monoisotopic (exact) mass is 335 g/mol. The number of likely N-dealkylation sites (N-methyl/N-ethyl adjacent to an activating group) is 1. The first-order chi connectivity index (χ1) is 11.3. The summed E-state index contributed by atoms with van der Waals surface area (Å²) in [6.45, 7) is 4.72. The molecule has 3 N–H and O–H groups in total. The van der Waals surface area contributed by atoms with Crippen molar-refractivity contribution in [2.45, 2.75) is 58.4 Å². The molecule has 4 rings (SSSR count). The average Bonchev–Trinajstić information content (AvgIpc) is 2.49. The molecule has 4 aliphatic rings. The molecule has 4 fully saturated rings. The number of nitrogens with two attached hydrogens (primary N) is 1. The highest BCUT2D eigenvalue weighted by Crippen LogP contribution is 2.60. The van der Waals surface area contributed by atoms with Crippen LogP contribution in [0.3, 0.4) is 0 Å². The Morgan fingerprint density at radius 3 is 2.08 bits per heavy atom. The van der Waals surface area contributed by atoms with Gasteiger partial charge >= 0.3 is 0 Å². The van der Waals surface area contributed by atoms with Crippen molar-refractivity contribution in [2.75, 3.05) is 20.1 Å². The molecular formula is C19H33N3O2. The van der Waals surface area contributed by atoms with Crippen LogP contribution in [0.25, 0.3) is 0 Å². The van der Waals surface area contributed by atoms with E-state index in [9.17, 15) is 9.59 Å². The molecule has 4 bridgehead atoms. The normalized spacial score (nSPS) is 35.1. The quantitative estimate of drug-likeness (QED) is 0.776. The maximum absolute atomic E-state index is 12.4. The lowest BCUT2D eigenvalue weighted by atomic mass is 9.49. The van der Waals surface area contributed by atoms with Crippen molar-refractivity contribution in [3.05, 3.63) is 0 Å². The van der Waals surface area contributed by atoms with Gasteiger partial charge in [-0.25, -0.2) is 0 Å². The molecule has 0 heterocycles. The van der Waals surface area contributed by atoms with E-state index in [1.165, 1.54) is 38.5 Å². The number of amides is 2. The lowest BCUT2D eigenvalue weighted by molar-refractivity contribution is -0.136. The molecule has 5 heteroatoms. The van der Waals surface area contributed by atoms with Gasteiger partial charge in [-0.2, -0.15) is 0 Å². The minimum absolute atomic E-state index is 0.00458. The summed E-state index contributed by atoms with van der Waals surface area (Å²) in [5.74, 6) is 2.51. The van der Waals surface area contributed by atoms with Gasteiger partial charge in [0.15, 0.2) is 0 Å². The van der Waals surface area contributed by atoms with Gasteiger partial charge in [-0.15, -0.1) is 0 Å². The van der Waals surface area contributed by atoms with Crippen LogP contribution in [-0.4, -0.2) is 42.9 Å². The summed E-state index contributed by atoms with van der Waals surface area (Å²) in [4.78, 5) is 26.2. The summed E-state index contributed by atoms with van der Waals surface area (Å²) < 4.78 is 0. The molecule has 0 aromatic carbocycles. The van der Waals surface area contributed by atoms with Gasteiger partial charge in [0.2, 0.25) is 11.8 Å². The predicted octanol–water partition coefficient (Wildman–Crippen LogP) is 1.76. The number of rotatable bonds is 6. The smallest absolute Gasteiger partial charge is 0.241 e. The van der Waals surface area contributed by atoms with Gasteiger partial charge in [0, 0.05) is 13.6 Å². The third kappa shape index (κ3) is 3.61. The lowest BCUT2D eigenvalue weighted by Crippen LogP contribution is -2.53. The highest BCUT2D eigenvalue weighted by Gasteiger charge is 2.51. The molecule has 1 atom stereocenters. The lowest BCUT2D eigenvalue weighted by Gasteiger charge is -2.57. The molecule has 5 nitrogen and oxygen atoms in total. The summed E-state index contributed by atoms with van der Waals surface area (Å²) in [5, 5.41) is 2.70. The van der Waals surface area contributed by atoms with Gasteiger partial charge in [0.25, 0.3) is 0 Å². The zero-order valence-corrected chi connectivity index (χ0v) is 15.4. The van der Waals surface area contributed by atoms with Gasteiger partial charge in [-0.05, 0) is 67.6 Å². The second-order valence-electron chi connectivity index (χ2n) is 9.15. The zero-order chi connectivity index (χ0) is 17.5. The molecule has 4 saturated carbocycles. The summed E-state index contributed by atoms with van der Waals surface area (Å²) in [5.41, 5.74) is 6.17. The van der Waals surface area contributed by atoms with Crippen LogP contribution in [-0.2, 0) is 9.59 Å². The van der Waals surface area contributed by atoms with E-state index in [1.807, 2.05) is 25.8 Å². The standard InChI is InChI=1S/C19H33N3O2/c1-12(2)17(20)18(24)21-10-16(23)22(3)11-19-7-13-4-14(8-19)6-15(5-13)9-19/h12-15,17H,4-11,20H2,1-3H3,(H,21,24)/t13?,14?,15?,17-,19?/m0/s1. The Bertz CT molecular complexity index is 468. The third-order valence-electron chi connectivity index (χ3n) is 6.60. The topological polar surface area (TPSA) is 75.4 Å². The fraction of sp³-hybridized carbons (Fsp3) is 0.895. The van der Waals surface area contributed by atoms with Crippen molar-refractivity contribution in [3.63, 3.8) is 0 Å². The van der Waals surface area contributed by atoms with Gasteiger partial charge in [-0.1, -0.05) is 13.8 Å². The predicted molar refractivity (Wildman–Crippen MR) is 94.1 cm³/mol. The third-order valence-corrected chi connectivity index (χ3v) is 6.60. The summed E-state index contributed by atoms with van der Waals surface area (Å²) >= 11 is 0. The van der Waals surface area contributed by atoms with Crippen LogP contribution in [0.2, 0.25) is 0 Å². The number of nitrogens with one attached hydrogen (secondary N) is 1. The van der Waals surface area contributed by atoms with Gasteiger partial charge in [0.05, 0.1) is 12.6 Å². The van der Waals surface area contributed by atoms with Gasteiger partial charge < -0.3 is 16.0 Å². The maximum Gasteiger partial charge on any atom is 0.241 e. The van der Waals surface area contributed by atoms with Crippen LogP contribution in [0.1, 0.15) is 52.4 Å². The molecule has 0 aliphatic heterocycles. The molecule has 0 unspecified atom stereocenters. The number of nitrogens with zero attached hydrogens (tertiary/aromatic N) is 1. The van der Waals surface area contributed by atoms with E-state index in [1.54, 1.807) is 0 Å². The van der Waals surface area contributed by atoms with E-state index in [-0.39, 0.29) is 24.3 Å². The average molecular weight is 335 g/mol. The van der Waals surface area contributed by atoms with E-state index in [2.05, 4.69) is 5.32 Å². The largest absolute Gasteiger partial charge is 0.346 e. The summed E-state index contributed by atoms with van der Waals surface area (Å²) in [6, 6.07) is -0.550. The second kappa shape index (κ2) is 6.66. The van der Waals surface area contributed by atoms with Crippen LogP contribution >= 0.6 is 0 Å². The van der Waals surface area contributed by atoms with E-state index in [0.717, 1.165) is 24.3 Å². The summed E-state index contributed by atoms with van der Waals surface area (Å²) in [6.07, 6.45) is 8.13. The van der Waals surface area contributed by atoms with Gasteiger partial charge in [0.1, 0.15) is 0 Å². The van der Waals surface area contributed by atoms with Crippen molar-refractivity contribution < 1.29 is 9.59 Å². The van der Waals surface area contributed by atoms with Crippen LogP contribution in [0.5, 0.6) is 0 Å². The fourth-order valence-corrected chi connectivity index (χ4v) is 5.79. The highest BCUT2D eigenvalue weighted by atomic mass is 16.2. The number of hydrogen-bond donors (Lipinski definition) is 2. The minimum Gasteiger partial charge on any atom is -0.346 e. The highest BCUT2D eigenvalue weighted by molar-refractivity contribution is 5.87. The molecule has 0 aromatic heterocycles. The molecule has 0 radical (unpaired) electrons. The Morgan fingerprint density at radius 1 is 1.12 bits per heavy atom. The van der Waals surface area contributed by atoms with E-state index >= 15 is 0 Å². The molecule has 24 heavy (non-hydrogen) atoms. The molecule has 0 spiro atoms. The van der Waals surface area contributed by atoms with Crippen molar-refractivity contribution >= 4 is 11.8 Å². The Balaban J connectivity index is 1.51. The van der Waals surface area contributed by atoms with Crippen molar-refractivity contribution in [1.82, 2.24) is 10.2 Å². The van der Waals surface area contributed by atoms with Crippen molar-refractivity contribution in [2.24, 2.45) is 34.8 Å². The Morgan fingerprint density at radius 2 is 1.62 bits per heavy atom. The van der Waals surface area contributed by atoms with E-state index in [4.69, 9.17) is 5.73 Å². The first kappa shape index (κ1) is 17.7. The Kier molecular flexibility index (Phi) is 4.92. The van der Waals surface area contributed by atoms with Crippen molar-refractivity contribution in [1.29, 1.82) is 0 Å². The van der Waals surface area contributed by atoms with Crippen LogP contribution in [0.15, 0.2) is 0 Å². The Labute approximate surface area is 145 Å². The maximum atomic E-state index is 12.4. The first-order valence-corrected chi connectivity index (χ1v) is 9.55. The SMILES string of the molecule is CC(C)[C@H](N)C(=O)NCC(=O)N(C)CC12CC3CC(CC(C3)C1)C2. The van der Waals surface area contributed by atoms with E-state index in [0.29, 0.717) is 5.41 Å². The van der Waals surface area contributed by atoms with Gasteiger partial charge in [-0.3, -0.25) is 9.59 Å². The molecular weight excluding hydrogens is 302 g/mol. The Hall–Kier alpha value is -1.10. The molecule has 136 valence electrons. The fourth-order valence-electron chi connectivity index (χ4n) is 5.79. The molecule has 4 aliphatic carbocycles.